The molecule has 0 bridgehead atoms. The number of amides is 4. The van der Waals surface area contributed by atoms with Crippen LogP contribution in [-0.4, -0.2) is 65.6 Å². The summed E-state index contributed by atoms with van der Waals surface area (Å²) < 4.78 is 23.7. The van der Waals surface area contributed by atoms with Crippen LogP contribution in [0.25, 0.3) is 0 Å². The fraction of sp³-hybridized carbons (Fsp3) is 0.556. The molecule has 1 fully saturated rings. The Kier molecular flexibility index (Phi) is 11.7. The van der Waals surface area contributed by atoms with Crippen LogP contribution in [0.4, 0.5) is 21.0 Å². The van der Waals surface area contributed by atoms with Crippen LogP contribution in [0.5, 0.6) is 0 Å². The zero-order valence-electron chi connectivity index (χ0n) is 30.7. The number of ether oxygens (including phenoxy) is 2. The topological polar surface area (TPSA) is 153 Å². The molecule has 0 aliphatic carbocycles. The average molecular weight is 758 g/mol. The van der Waals surface area contributed by atoms with Crippen LogP contribution >= 0.6 is 15.9 Å². The zero-order chi connectivity index (χ0) is 37.2. The maximum Gasteiger partial charge on any atom is 0.494 e. The van der Waals surface area contributed by atoms with Gasteiger partial charge in [0, 0.05) is 15.8 Å². The highest BCUT2D eigenvalue weighted by atomic mass is 79.9. The Morgan fingerprint density at radius 3 is 1.62 bits per heavy atom. The van der Waals surface area contributed by atoms with Crippen molar-refractivity contribution in [2.75, 3.05) is 10.6 Å². The molecule has 5 rings (SSSR count). The van der Waals surface area contributed by atoms with E-state index in [1.54, 1.807) is 41.5 Å². The molecule has 2 aromatic carbocycles. The van der Waals surface area contributed by atoms with Gasteiger partial charge in [-0.05, 0) is 136 Å². The quantitative estimate of drug-likeness (QED) is 0.279. The standard InChI is InChI=1S/C21H31BN2O5.C15H19BrN2O3/c1-19(2,3)27-18(26)24-16-10-8-13-12-14(9-11-15(13)23-17(16)25)22-28-20(4,5)21(6,7)29-22;1-15(2,3)21-14(20)18-12-6-4-9-8-10(16)5-7-11(9)17-13(12)19/h9,11-12,16H,8,10H2,1-7H3,(H,23,25)(H,24,26);5,7-8,12H,4,6H2,1-3H3,(H,17,19)(H,18,20)/t16-;12-/m00/s1. The first kappa shape index (κ1) is 39.2. The zero-order valence-corrected chi connectivity index (χ0v) is 32.3. The largest absolute Gasteiger partial charge is 0.494 e. The van der Waals surface area contributed by atoms with Gasteiger partial charge in [0.2, 0.25) is 11.8 Å². The molecule has 4 N–H and O–H groups in total. The van der Waals surface area contributed by atoms with E-state index in [4.69, 9.17) is 18.8 Å². The predicted molar refractivity (Wildman–Crippen MR) is 197 cm³/mol. The normalized spacial score (nSPS) is 21.1. The summed E-state index contributed by atoms with van der Waals surface area (Å²) in [5.41, 5.74) is 2.44. The summed E-state index contributed by atoms with van der Waals surface area (Å²) in [5, 5.41) is 11.0. The van der Waals surface area contributed by atoms with E-state index >= 15 is 0 Å². The third kappa shape index (κ3) is 10.5. The minimum atomic E-state index is -0.655. The number of rotatable bonds is 3. The van der Waals surface area contributed by atoms with Crippen LogP contribution in [0.1, 0.15) is 93.2 Å². The minimum absolute atomic E-state index is 0.220. The van der Waals surface area contributed by atoms with E-state index < -0.39 is 53.8 Å². The number of halogens is 1. The highest BCUT2D eigenvalue weighted by Gasteiger charge is 2.51. The molecule has 272 valence electrons. The lowest BCUT2D eigenvalue weighted by Crippen LogP contribution is -2.45. The predicted octanol–water partition coefficient (Wildman–Crippen LogP) is 5.99. The minimum Gasteiger partial charge on any atom is -0.444 e. The van der Waals surface area contributed by atoms with Gasteiger partial charge in [-0.2, -0.15) is 0 Å². The van der Waals surface area contributed by atoms with Crippen molar-refractivity contribution in [3.8, 4) is 0 Å². The first-order chi connectivity index (χ1) is 23.0. The van der Waals surface area contributed by atoms with Gasteiger partial charge in [0.05, 0.1) is 11.2 Å². The smallest absolute Gasteiger partial charge is 0.444 e. The van der Waals surface area contributed by atoms with E-state index in [0.29, 0.717) is 25.7 Å². The number of aryl methyl sites for hydroxylation is 2. The number of carbonyl (C=O) groups excluding carboxylic acids is 4. The molecule has 2 atom stereocenters. The Hall–Kier alpha value is -3.62. The molecule has 3 aliphatic heterocycles. The van der Waals surface area contributed by atoms with Crippen molar-refractivity contribution in [3.63, 3.8) is 0 Å². The van der Waals surface area contributed by atoms with Gasteiger partial charge in [-0.3, -0.25) is 9.59 Å². The molecule has 0 unspecified atom stereocenters. The Morgan fingerprint density at radius 2 is 1.18 bits per heavy atom. The van der Waals surface area contributed by atoms with E-state index in [-0.39, 0.29) is 11.8 Å². The van der Waals surface area contributed by atoms with Gasteiger partial charge < -0.3 is 40.0 Å². The van der Waals surface area contributed by atoms with Crippen LogP contribution in [0, 0.1) is 0 Å². The highest BCUT2D eigenvalue weighted by molar-refractivity contribution is 9.10. The van der Waals surface area contributed by atoms with Crippen molar-refractivity contribution in [1.29, 1.82) is 0 Å². The number of hydrogen-bond donors (Lipinski definition) is 4. The molecule has 50 heavy (non-hydrogen) atoms. The van der Waals surface area contributed by atoms with E-state index in [9.17, 15) is 19.2 Å². The third-order valence-corrected chi connectivity index (χ3v) is 9.15. The van der Waals surface area contributed by atoms with Gasteiger partial charge in [-0.25, -0.2) is 9.59 Å². The van der Waals surface area contributed by atoms with Crippen molar-refractivity contribution < 1.29 is 38.0 Å². The fourth-order valence-electron chi connectivity index (χ4n) is 5.44. The molecular formula is C36H50BBrN4O8. The molecule has 12 nitrogen and oxygen atoms in total. The Bertz CT molecular complexity index is 1600. The number of carbonyl (C=O) groups is 4. The molecule has 3 heterocycles. The summed E-state index contributed by atoms with van der Waals surface area (Å²) in [6.07, 6.45) is 1.17. The number of hydrogen-bond acceptors (Lipinski definition) is 8. The van der Waals surface area contributed by atoms with Gasteiger partial charge in [0.15, 0.2) is 0 Å². The number of fused-ring (bicyclic) bond motifs is 2. The summed E-state index contributed by atoms with van der Waals surface area (Å²) in [6, 6.07) is 10.2. The van der Waals surface area contributed by atoms with Crippen LogP contribution < -0.4 is 26.7 Å². The summed E-state index contributed by atoms with van der Waals surface area (Å²) in [5.74, 6) is -0.472. The van der Waals surface area contributed by atoms with Gasteiger partial charge in [-0.1, -0.05) is 28.1 Å². The maximum atomic E-state index is 12.6. The molecule has 2 aromatic rings. The van der Waals surface area contributed by atoms with Gasteiger partial charge in [0.1, 0.15) is 23.3 Å². The Morgan fingerprint density at radius 1 is 0.760 bits per heavy atom. The van der Waals surface area contributed by atoms with Crippen molar-refractivity contribution in [2.24, 2.45) is 0 Å². The SMILES string of the molecule is CC(C)(C)OC(=O)N[C@H]1CCc2cc(B3OC(C)(C)C(C)(C)O3)ccc2NC1=O.CC(C)(C)OC(=O)N[C@H]1CCc2cc(Br)ccc2NC1=O. The molecule has 0 saturated carbocycles. The first-order valence-electron chi connectivity index (χ1n) is 16.9. The summed E-state index contributed by atoms with van der Waals surface area (Å²) in [4.78, 5) is 48.6. The summed E-state index contributed by atoms with van der Waals surface area (Å²) in [6.45, 7) is 18.8. The van der Waals surface area contributed by atoms with E-state index in [0.717, 1.165) is 32.4 Å². The van der Waals surface area contributed by atoms with Crippen LogP contribution in [-0.2, 0) is 41.2 Å². The second kappa shape index (κ2) is 14.9. The lowest BCUT2D eigenvalue weighted by molar-refractivity contribution is -0.118. The van der Waals surface area contributed by atoms with Gasteiger partial charge in [-0.15, -0.1) is 0 Å². The number of anilines is 2. The highest BCUT2D eigenvalue weighted by Crippen LogP contribution is 2.37. The second-order valence-corrected chi connectivity index (χ2v) is 16.7. The fourth-order valence-corrected chi connectivity index (χ4v) is 5.84. The lowest BCUT2D eigenvalue weighted by atomic mass is 9.78. The summed E-state index contributed by atoms with van der Waals surface area (Å²) in [7, 11) is -0.458. The van der Waals surface area contributed by atoms with Gasteiger partial charge in [0.25, 0.3) is 0 Å². The monoisotopic (exact) mass is 756 g/mol. The van der Waals surface area contributed by atoms with E-state index in [1.165, 1.54) is 0 Å². The van der Waals surface area contributed by atoms with Crippen LogP contribution in [0.2, 0.25) is 0 Å². The van der Waals surface area contributed by atoms with E-state index in [2.05, 4.69) is 37.2 Å². The average Bonchev–Trinajstić information content (AvgIpc) is 3.05. The van der Waals surface area contributed by atoms with Crippen LogP contribution in [0.15, 0.2) is 40.9 Å². The lowest BCUT2D eigenvalue weighted by Gasteiger charge is -2.32. The molecule has 0 aromatic heterocycles. The van der Waals surface area contributed by atoms with Crippen LogP contribution in [0.3, 0.4) is 0 Å². The number of benzene rings is 2. The molecule has 14 heteroatoms. The van der Waals surface area contributed by atoms with Gasteiger partial charge >= 0.3 is 19.3 Å². The maximum absolute atomic E-state index is 12.6. The summed E-state index contributed by atoms with van der Waals surface area (Å²) >= 11 is 3.42. The Labute approximate surface area is 303 Å². The second-order valence-electron chi connectivity index (χ2n) is 15.8. The first-order valence-corrected chi connectivity index (χ1v) is 17.7. The molecule has 3 aliphatic rings. The molecule has 0 spiro atoms. The molecular weight excluding hydrogens is 707 g/mol. The van der Waals surface area contributed by atoms with E-state index in [1.807, 2.05) is 64.1 Å². The van der Waals surface area contributed by atoms with Crippen molar-refractivity contribution in [3.05, 3.63) is 52.0 Å². The Balaban J connectivity index is 0.000000237. The molecule has 4 amide bonds. The van der Waals surface area contributed by atoms with Crippen molar-refractivity contribution >= 4 is 63.9 Å². The molecule has 1 saturated heterocycles. The van der Waals surface area contributed by atoms with Crippen molar-refractivity contribution in [1.82, 2.24) is 10.6 Å². The third-order valence-electron chi connectivity index (χ3n) is 8.66. The van der Waals surface area contributed by atoms with Crippen molar-refractivity contribution in [2.45, 2.75) is 129 Å². The number of alkyl carbamates (subject to hydrolysis) is 2. The number of nitrogens with one attached hydrogen (secondary N) is 4. The molecule has 0 radical (unpaired) electrons.